The highest BCUT2D eigenvalue weighted by Crippen LogP contribution is 2.29. The van der Waals surface area contributed by atoms with Gasteiger partial charge >= 0.3 is 0 Å². The lowest BCUT2D eigenvalue weighted by atomic mass is 10.0. The molecular weight excluding hydrogens is 344 g/mol. The number of nitrogens with zero attached hydrogens (tertiary/aromatic N) is 1. The Kier molecular flexibility index (Phi) is 8.38. The Balaban J connectivity index is 1.99. The molecule has 0 spiro atoms. The largest absolute Gasteiger partial charge is 0.490 e. The summed E-state index contributed by atoms with van der Waals surface area (Å²) in [6.45, 7) is 13.4. The van der Waals surface area contributed by atoms with Crippen molar-refractivity contribution in [3.63, 3.8) is 0 Å². The van der Waals surface area contributed by atoms with Gasteiger partial charge in [0.25, 0.3) is 5.91 Å². The van der Waals surface area contributed by atoms with Gasteiger partial charge in [-0.1, -0.05) is 13.3 Å². The molecule has 27 heavy (non-hydrogen) atoms. The number of morpholine rings is 1. The van der Waals surface area contributed by atoms with Crippen LogP contribution in [0, 0.1) is 0 Å². The van der Waals surface area contributed by atoms with Crippen molar-refractivity contribution in [3.8, 4) is 11.5 Å². The van der Waals surface area contributed by atoms with Crippen LogP contribution in [0.2, 0.25) is 0 Å². The predicted molar refractivity (Wildman–Crippen MR) is 107 cm³/mol. The normalized spacial score (nSPS) is 15.4. The zero-order valence-corrected chi connectivity index (χ0v) is 17.2. The van der Waals surface area contributed by atoms with Crippen molar-refractivity contribution >= 4 is 5.91 Å². The summed E-state index contributed by atoms with van der Waals surface area (Å²) in [5.41, 5.74) is 0.463. The fourth-order valence-corrected chi connectivity index (χ4v) is 3.04. The molecule has 0 unspecified atom stereocenters. The van der Waals surface area contributed by atoms with E-state index in [0.717, 1.165) is 39.1 Å². The number of unbranched alkanes of at least 4 members (excludes halogenated alkanes) is 1. The van der Waals surface area contributed by atoms with Crippen molar-refractivity contribution in [2.24, 2.45) is 0 Å². The zero-order chi connectivity index (χ0) is 19.7. The number of hydrogen-bond acceptors (Lipinski definition) is 5. The van der Waals surface area contributed by atoms with Crippen LogP contribution >= 0.6 is 0 Å². The highest BCUT2D eigenvalue weighted by molar-refractivity contribution is 5.94. The molecule has 1 fully saturated rings. The maximum Gasteiger partial charge on any atom is 0.251 e. The van der Waals surface area contributed by atoms with E-state index in [-0.39, 0.29) is 11.4 Å². The first-order valence-corrected chi connectivity index (χ1v) is 9.98. The van der Waals surface area contributed by atoms with E-state index in [9.17, 15) is 4.79 Å². The van der Waals surface area contributed by atoms with Crippen LogP contribution in [0.1, 0.15) is 50.9 Å². The maximum absolute atomic E-state index is 12.7. The molecule has 152 valence electrons. The van der Waals surface area contributed by atoms with E-state index in [1.54, 1.807) is 12.1 Å². The molecule has 6 heteroatoms. The molecule has 0 aromatic heterocycles. The molecule has 1 aliphatic rings. The summed E-state index contributed by atoms with van der Waals surface area (Å²) < 4.78 is 16.9. The standard InChI is InChI=1S/C21H34N2O4/c1-5-7-12-27-18-9-8-17(15-19(18)26-6-2)20(24)22-16-21(3,4)23-10-13-25-14-11-23/h8-9,15H,5-7,10-14,16H2,1-4H3,(H,22,24). The average molecular weight is 379 g/mol. The first-order chi connectivity index (χ1) is 13.0. The Morgan fingerprint density at radius 3 is 2.59 bits per heavy atom. The van der Waals surface area contributed by atoms with Crippen LogP contribution in [-0.2, 0) is 4.74 Å². The van der Waals surface area contributed by atoms with Crippen molar-refractivity contribution in [3.05, 3.63) is 23.8 Å². The third kappa shape index (κ3) is 6.40. The number of nitrogens with one attached hydrogen (secondary N) is 1. The van der Waals surface area contributed by atoms with Gasteiger partial charge < -0.3 is 19.5 Å². The number of carbonyl (C=O) groups excluding carboxylic acids is 1. The van der Waals surface area contributed by atoms with Gasteiger partial charge in [0.1, 0.15) is 0 Å². The van der Waals surface area contributed by atoms with Crippen molar-refractivity contribution in [2.45, 2.75) is 46.1 Å². The first-order valence-electron chi connectivity index (χ1n) is 9.98. The molecule has 0 aliphatic carbocycles. The summed E-state index contributed by atoms with van der Waals surface area (Å²) in [7, 11) is 0. The highest BCUT2D eigenvalue weighted by Gasteiger charge is 2.28. The molecule has 1 aromatic rings. The molecule has 0 atom stereocenters. The molecule has 1 saturated heterocycles. The van der Waals surface area contributed by atoms with E-state index in [1.165, 1.54) is 0 Å². The second-order valence-electron chi connectivity index (χ2n) is 7.39. The Morgan fingerprint density at radius 2 is 1.93 bits per heavy atom. The van der Waals surface area contributed by atoms with Crippen molar-refractivity contribution in [1.29, 1.82) is 0 Å². The van der Waals surface area contributed by atoms with Gasteiger partial charge in [-0.2, -0.15) is 0 Å². The SMILES string of the molecule is CCCCOc1ccc(C(=O)NCC(C)(C)N2CCOCC2)cc1OCC. The Hall–Kier alpha value is -1.79. The fourth-order valence-electron chi connectivity index (χ4n) is 3.04. The summed E-state index contributed by atoms with van der Waals surface area (Å²) in [5.74, 6) is 1.21. The van der Waals surface area contributed by atoms with Gasteiger partial charge in [-0.05, 0) is 45.4 Å². The monoisotopic (exact) mass is 378 g/mol. The zero-order valence-electron chi connectivity index (χ0n) is 17.2. The summed E-state index contributed by atoms with van der Waals surface area (Å²) in [4.78, 5) is 15.0. The van der Waals surface area contributed by atoms with E-state index in [0.29, 0.717) is 36.8 Å². The number of ether oxygens (including phenoxy) is 3. The lowest BCUT2D eigenvalue weighted by Gasteiger charge is -2.40. The fraction of sp³-hybridized carbons (Fsp3) is 0.667. The molecule has 0 radical (unpaired) electrons. The van der Waals surface area contributed by atoms with Crippen molar-refractivity contribution < 1.29 is 19.0 Å². The van der Waals surface area contributed by atoms with Gasteiger partial charge in [0.15, 0.2) is 11.5 Å². The van der Waals surface area contributed by atoms with Gasteiger partial charge in [0.05, 0.1) is 26.4 Å². The van der Waals surface area contributed by atoms with E-state index in [1.807, 2.05) is 13.0 Å². The lowest BCUT2D eigenvalue weighted by Crippen LogP contribution is -2.55. The summed E-state index contributed by atoms with van der Waals surface area (Å²) in [5, 5.41) is 3.06. The van der Waals surface area contributed by atoms with Gasteiger partial charge in [-0.3, -0.25) is 9.69 Å². The van der Waals surface area contributed by atoms with Crippen LogP contribution in [0.25, 0.3) is 0 Å². The third-order valence-corrected chi connectivity index (χ3v) is 4.81. The number of carbonyl (C=O) groups is 1. The molecule has 1 aromatic carbocycles. The first kappa shape index (κ1) is 21.5. The summed E-state index contributed by atoms with van der Waals surface area (Å²) in [6, 6.07) is 5.38. The van der Waals surface area contributed by atoms with Crippen molar-refractivity contribution in [1.82, 2.24) is 10.2 Å². The molecule has 0 saturated carbocycles. The Labute approximate surface area is 163 Å². The van der Waals surface area contributed by atoms with Crippen molar-refractivity contribution in [2.75, 3.05) is 46.1 Å². The van der Waals surface area contributed by atoms with Crippen LogP contribution in [-0.4, -0.2) is 62.4 Å². The lowest BCUT2D eigenvalue weighted by molar-refractivity contribution is -0.00923. The average Bonchev–Trinajstić information content (AvgIpc) is 2.68. The van der Waals surface area contributed by atoms with Crippen LogP contribution < -0.4 is 14.8 Å². The van der Waals surface area contributed by atoms with Gasteiger partial charge in [0.2, 0.25) is 0 Å². The summed E-state index contributed by atoms with van der Waals surface area (Å²) >= 11 is 0. The van der Waals surface area contributed by atoms with E-state index in [2.05, 4.69) is 31.0 Å². The van der Waals surface area contributed by atoms with Crippen LogP contribution in [0.3, 0.4) is 0 Å². The molecule has 6 nitrogen and oxygen atoms in total. The topological polar surface area (TPSA) is 60.0 Å². The Morgan fingerprint density at radius 1 is 1.19 bits per heavy atom. The van der Waals surface area contributed by atoms with Gasteiger partial charge in [-0.15, -0.1) is 0 Å². The minimum Gasteiger partial charge on any atom is -0.490 e. The second kappa shape index (κ2) is 10.5. The van der Waals surface area contributed by atoms with Crippen LogP contribution in [0.15, 0.2) is 18.2 Å². The van der Waals surface area contributed by atoms with Crippen LogP contribution in [0.4, 0.5) is 0 Å². The second-order valence-corrected chi connectivity index (χ2v) is 7.39. The number of rotatable bonds is 10. The third-order valence-electron chi connectivity index (χ3n) is 4.81. The van der Waals surface area contributed by atoms with Gasteiger partial charge in [0, 0.05) is 30.7 Å². The number of amides is 1. The van der Waals surface area contributed by atoms with E-state index >= 15 is 0 Å². The maximum atomic E-state index is 12.7. The Bertz CT molecular complexity index is 598. The molecule has 0 bridgehead atoms. The van der Waals surface area contributed by atoms with Gasteiger partial charge in [-0.25, -0.2) is 0 Å². The predicted octanol–water partition coefficient (Wildman–Crippen LogP) is 3.10. The minimum absolute atomic E-state index is 0.0996. The molecule has 1 aliphatic heterocycles. The number of hydrogen-bond donors (Lipinski definition) is 1. The summed E-state index contributed by atoms with van der Waals surface area (Å²) in [6.07, 6.45) is 2.06. The molecule has 2 rings (SSSR count). The van der Waals surface area contributed by atoms with E-state index in [4.69, 9.17) is 14.2 Å². The highest BCUT2D eigenvalue weighted by atomic mass is 16.5. The molecule has 1 N–H and O–H groups in total. The quantitative estimate of drug-likeness (QED) is 0.634. The van der Waals surface area contributed by atoms with E-state index < -0.39 is 0 Å². The minimum atomic E-state index is -0.120. The molecular formula is C21H34N2O4. The number of benzene rings is 1. The molecule has 1 heterocycles. The smallest absolute Gasteiger partial charge is 0.251 e. The molecule has 1 amide bonds. The van der Waals surface area contributed by atoms with Crippen LogP contribution in [0.5, 0.6) is 11.5 Å².